The quantitative estimate of drug-likeness (QED) is 0.801. The van der Waals surface area contributed by atoms with Crippen molar-refractivity contribution in [2.45, 2.75) is 12.5 Å². The molecule has 0 N–H and O–H groups in total. The summed E-state index contributed by atoms with van der Waals surface area (Å²) in [5, 5.41) is 0. The van der Waals surface area contributed by atoms with Gasteiger partial charge in [-0.15, -0.1) is 0 Å². The van der Waals surface area contributed by atoms with E-state index in [1.165, 1.54) is 0 Å². The summed E-state index contributed by atoms with van der Waals surface area (Å²) in [5.41, 5.74) is 2.06. The number of nitrogens with zero attached hydrogens (tertiary/aromatic N) is 1. The van der Waals surface area contributed by atoms with Crippen molar-refractivity contribution in [1.29, 1.82) is 0 Å². The molecular formula is C18H17NO2. The Morgan fingerprint density at radius 2 is 1.81 bits per heavy atom. The Morgan fingerprint density at radius 1 is 1.10 bits per heavy atom. The zero-order valence-corrected chi connectivity index (χ0v) is 11.9. The van der Waals surface area contributed by atoms with Crippen LogP contribution in [0.15, 0.2) is 60.7 Å². The molecular weight excluding hydrogens is 262 g/mol. The van der Waals surface area contributed by atoms with Crippen LogP contribution in [0.3, 0.4) is 0 Å². The van der Waals surface area contributed by atoms with Crippen molar-refractivity contribution in [2.24, 2.45) is 0 Å². The van der Waals surface area contributed by atoms with Gasteiger partial charge in [-0.2, -0.15) is 0 Å². The van der Waals surface area contributed by atoms with Gasteiger partial charge in [-0.05, 0) is 29.8 Å². The largest absolute Gasteiger partial charge is 0.497 e. The Kier molecular flexibility index (Phi) is 3.73. The summed E-state index contributed by atoms with van der Waals surface area (Å²) in [4.78, 5) is 13.7. The third kappa shape index (κ3) is 2.82. The van der Waals surface area contributed by atoms with E-state index >= 15 is 0 Å². The molecule has 1 unspecified atom stereocenters. The average Bonchev–Trinajstić information content (AvgIpc) is 2.53. The number of methoxy groups -OCH3 is 1. The van der Waals surface area contributed by atoms with Crippen LogP contribution in [0, 0.1) is 0 Å². The lowest BCUT2D eigenvalue weighted by atomic mass is 9.99. The van der Waals surface area contributed by atoms with E-state index in [4.69, 9.17) is 4.74 Å². The molecule has 1 fully saturated rings. The van der Waals surface area contributed by atoms with Crippen molar-refractivity contribution >= 4 is 17.7 Å². The summed E-state index contributed by atoms with van der Waals surface area (Å²) in [6.45, 7) is 0. The van der Waals surface area contributed by atoms with Crippen LogP contribution in [0.25, 0.3) is 6.08 Å². The predicted molar refractivity (Wildman–Crippen MR) is 84.4 cm³/mol. The van der Waals surface area contributed by atoms with Crippen LogP contribution >= 0.6 is 0 Å². The third-order valence-corrected chi connectivity index (χ3v) is 3.65. The van der Waals surface area contributed by atoms with E-state index in [0.29, 0.717) is 6.42 Å². The predicted octanol–water partition coefficient (Wildman–Crippen LogP) is 3.51. The molecule has 3 nitrogen and oxygen atoms in total. The number of ether oxygens (including phenoxy) is 1. The molecule has 2 aromatic rings. The van der Waals surface area contributed by atoms with E-state index in [-0.39, 0.29) is 11.9 Å². The van der Waals surface area contributed by atoms with Gasteiger partial charge in [0.25, 0.3) is 0 Å². The van der Waals surface area contributed by atoms with E-state index in [1.54, 1.807) is 7.11 Å². The molecule has 1 aliphatic rings. The smallest absolute Gasteiger partial charge is 0.229 e. The van der Waals surface area contributed by atoms with Crippen molar-refractivity contribution in [3.63, 3.8) is 0 Å². The number of hydrogen-bond acceptors (Lipinski definition) is 2. The molecule has 0 saturated carbocycles. The second-order valence-electron chi connectivity index (χ2n) is 5.00. The van der Waals surface area contributed by atoms with Gasteiger partial charge in [-0.1, -0.05) is 42.5 Å². The minimum Gasteiger partial charge on any atom is -0.497 e. The van der Waals surface area contributed by atoms with Gasteiger partial charge in [0.2, 0.25) is 5.91 Å². The molecule has 21 heavy (non-hydrogen) atoms. The van der Waals surface area contributed by atoms with Gasteiger partial charge in [0.1, 0.15) is 5.75 Å². The van der Waals surface area contributed by atoms with Gasteiger partial charge in [0, 0.05) is 5.69 Å². The first-order valence-electron chi connectivity index (χ1n) is 6.97. The topological polar surface area (TPSA) is 29.5 Å². The van der Waals surface area contributed by atoms with Crippen LogP contribution in [0.4, 0.5) is 5.69 Å². The minimum absolute atomic E-state index is 0.131. The number of β-lactam (4-membered cyclic amide) rings is 1. The Labute approximate surface area is 124 Å². The first kappa shape index (κ1) is 13.4. The zero-order valence-electron chi connectivity index (χ0n) is 11.9. The summed E-state index contributed by atoms with van der Waals surface area (Å²) in [5.74, 6) is 0.950. The molecule has 1 saturated heterocycles. The minimum atomic E-state index is 0.131. The van der Waals surface area contributed by atoms with Gasteiger partial charge in [-0.3, -0.25) is 4.79 Å². The van der Waals surface area contributed by atoms with E-state index in [2.05, 4.69) is 24.3 Å². The maximum atomic E-state index is 11.9. The molecule has 1 atom stereocenters. The fourth-order valence-corrected chi connectivity index (χ4v) is 2.46. The second kappa shape index (κ2) is 5.83. The number of rotatable bonds is 4. The van der Waals surface area contributed by atoms with Crippen molar-refractivity contribution < 1.29 is 9.53 Å². The van der Waals surface area contributed by atoms with E-state index < -0.39 is 0 Å². The number of benzene rings is 2. The molecule has 0 aliphatic carbocycles. The summed E-state index contributed by atoms with van der Waals surface area (Å²) in [7, 11) is 1.63. The molecule has 0 spiro atoms. The summed E-state index contributed by atoms with van der Waals surface area (Å²) < 4.78 is 5.14. The van der Waals surface area contributed by atoms with E-state index in [0.717, 1.165) is 17.0 Å². The SMILES string of the molecule is COc1ccc(N2C(=O)CC2/C=C/c2ccccc2)cc1. The Bertz CT molecular complexity index is 647. The molecule has 1 aliphatic heterocycles. The molecule has 1 amide bonds. The van der Waals surface area contributed by atoms with Gasteiger partial charge in [-0.25, -0.2) is 0 Å². The highest BCUT2D eigenvalue weighted by Crippen LogP contribution is 2.30. The lowest BCUT2D eigenvalue weighted by molar-refractivity contribution is -0.123. The monoisotopic (exact) mass is 279 g/mol. The Hall–Kier alpha value is -2.55. The molecule has 0 aromatic heterocycles. The maximum Gasteiger partial charge on any atom is 0.229 e. The molecule has 106 valence electrons. The number of carbonyl (C=O) groups is 1. The standard InChI is InChI=1S/C18H17NO2/c1-21-17-11-9-15(10-12-17)19-16(13-18(19)20)8-7-14-5-3-2-4-6-14/h2-12,16H,13H2,1H3/b8-7+. The van der Waals surface area contributed by atoms with Crippen molar-refractivity contribution in [2.75, 3.05) is 12.0 Å². The van der Waals surface area contributed by atoms with Crippen molar-refractivity contribution in [3.05, 3.63) is 66.2 Å². The van der Waals surface area contributed by atoms with Gasteiger partial charge in [0.05, 0.1) is 19.6 Å². The number of anilines is 1. The third-order valence-electron chi connectivity index (χ3n) is 3.65. The molecule has 2 aromatic carbocycles. The Balaban J connectivity index is 1.75. The fourth-order valence-electron chi connectivity index (χ4n) is 2.46. The zero-order chi connectivity index (χ0) is 14.7. The fraction of sp³-hybridized carbons (Fsp3) is 0.167. The van der Waals surface area contributed by atoms with Crippen LogP contribution in [-0.4, -0.2) is 19.1 Å². The highest BCUT2D eigenvalue weighted by molar-refractivity contribution is 6.01. The number of amides is 1. The summed E-state index contributed by atoms with van der Waals surface area (Å²) in [6.07, 6.45) is 4.71. The summed E-state index contributed by atoms with van der Waals surface area (Å²) >= 11 is 0. The lowest BCUT2D eigenvalue weighted by Gasteiger charge is -2.38. The first-order valence-corrected chi connectivity index (χ1v) is 6.97. The van der Waals surface area contributed by atoms with E-state index in [1.807, 2.05) is 47.4 Å². The molecule has 0 bridgehead atoms. The van der Waals surface area contributed by atoms with Crippen LogP contribution in [0.1, 0.15) is 12.0 Å². The average molecular weight is 279 g/mol. The van der Waals surface area contributed by atoms with Crippen molar-refractivity contribution in [3.8, 4) is 5.75 Å². The van der Waals surface area contributed by atoms with E-state index in [9.17, 15) is 4.79 Å². The van der Waals surface area contributed by atoms with Gasteiger partial charge < -0.3 is 9.64 Å². The first-order chi connectivity index (χ1) is 10.3. The highest BCUT2D eigenvalue weighted by atomic mass is 16.5. The lowest BCUT2D eigenvalue weighted by Crippen LogP contribution is -2.51. The van der Waals surface area contributed by atoms with Gasteiger partial charge >= 0.3 is 0 Å². The van der Waals surface area contributed by atoms with Crippen LogP contribution in [0.5, 0.6) is 5.75 Å². The van der Waals surface area contributed by atoms with Crippen molar-refractivity contribution in [1.82, 2.24) is 0 Å². The highest BCUT2D eigenvalue weighted by Gasteiger charge is 2.35. The number of hydrogen-bond donors (Lipinski definition) is 0. The normalized spacial score (nSPS) is 17.9. The molecule has 1 heterocycles. The maximum absolute atomic E-state index is 11.9. The van der Waals surface area contributed by atoms with Crippen LogP contribution in [-0.2, 0) is 4.79 Å². The van der Waals surface area contributed by atoms with Gasteiger partial charge in [0.15, 0.2) is 0 Å². The summed E-state index contributed by atoms with van der Waals surface area (Å²) in [6, 6.07) is 17.8. The molecule has 3 rings (SSSR count). The molecule has 3 heteroatoms. The van der Waals surface area contributed by atoms with Crippen LogP contribution < -0.4 is 9.64 Å². The molecule has 0 radical (unpaired) electrons. The van der Waals surface area contributed by atoms with Crippen LogP contribution in [0.2, 0.25) is 0 Å². The number of carbonyl (C=O) groups excluding carboxylic acids is 1. The Morgan fingerprint density at radius 3 is 2.43 bits per heavy atom. The second-order valence-corrected chi connectivity index (χ2v) is 5.00.